The zero-order valence-electron chi connectivity index (χ0n) is 7.21. The van der Waals surface area contributed by atoms with Gasteiger partial charge in [-0.05, 0) is 23.8 Å². The Morgan fingerprint density at radius 3 is 2.85 bits per heavy atom. The molecule has 0 fully saturated rings. The highest BCUT2D eigenvalue weighted by Crippen LogP contribution is 2.11. The van der Waals surface area contributed by atoms with Crippen molar-refractivity contribution in [1.82, 2.24) is 0 Å². The first-order valence-corrected chi connectivity index (χ1v) is 3.72. The first kappa shape index (κ1) is 9.67. The van der Waals surface area contributed by atoms with Gasteiger partial charge in [-0.15, -0.1) is 0 Å². The molecule has 1 aromatic carbocycles. The van der Waals surface area contributed by atoms with Crippen LogP contribution in [-0.2, 0) is 11.3 Å². The Bertz CT molecular complexity index is 325. The second kappa shape index (κ2) is 4.00. The maximum atomic E-state index is 12.7. The lowest BCUT2D eigenvalue weighted by Crippen LogP contribution is -2.14. The van der Waals surface area contributed by atoms with E-state index in [-0.39, 0.29) is 6.61 Å². The van der Waals surface area contributed by atoms with Crippen LogP contribution < -0.4 is 5.73 Å². The van der Waals surface area contributed by atoms with Crippen molar-refractivity contribution < 1.29 is 13.9 Å². The molecule has 2 N–H and O–H groups in total. The Kier molecular flexibility index (Phi) is 2.97. The molecule has 13 heavy (non-hydrogen) atoms. The summed E-state index contributed by atoms with van der Waals surface area (Å²) >= 11 is 0. The van der Waals surface area contributed by atoms with Crippen molar-refractivity contribution in [3.05, 3.63) is 35.1 Å². The Hall–Kier alpha value is -1.42. The van der Waals surface area contributed by atoms with Crippen molar-refractivity contribution in [2.75, 3.05) is 7.11 Å². The lowest BCUT2D eigenvalue weighted by molar-refractivity contribution is 0.0995. The molecule has 0 aromatic heterocycles. The summed E-state index contributed by atoms with van der Waals surface area (Å²) in [5, 5.41) is 0. The topological polar surface area (TPSA) is 52.3 Å². The summed E-state index contributed by atoms with van der Waals surface area (Å²) in [4.78, 5) is 10.9. The Balaban J connectivity index is 3.10. The lowest BCUT2D eigenvalue weighted by Gasteiger charge is -2.04. The number of hydrogen-bond acceptors (Lipinski definition) is 2. The van der Waals surface area contributed by atoms with Crippen molar-refractivity contribution in [2.24, 2.45) is 5.73 Å². The molecule has 0 radical (unpaired) electrons. The van der Waals surface area contributed by atoms with Crippen molar-refractivity contribution in [2.45, 2.75) is 6.61 Å². The van der Waals surface area contributed by atoms with Crippen LogP contribution in [0, 0.1) is 5.82 Å². The van der Waals surface area contributed by atoms with Crippen LogP contribution in [0.2, 0.25) is 0 Å². The molecule has 0 aliphatic heterocycles. The second-order valence-electron chi connectivity index (χ2n) is 2.60. The highest BCUT2D eigenvalue weighted by atomic mass is 19.1. The number of benzene rings is 1. The molecule has 1 amide bonds. The Labute approximate surface area is 75.3 Å². The molecule has 4 heteroatoms. The number of ether oxygens (including phenoxy) is 1. The van der Waals surface area contributed by atoms with Gasteiger partial charge in [0, 0.05) is 12.7 Å². The van der Waals surface area contributed by atoms with E-state index in [9.17, 15) is 9.18 Å². The average Bonchev–Trinajstić information content (AvgIpc) is 2.04. The van der Waals surface area contributed by atoms with E-state index in [4.69, 9.17) is 10.5 Å². The molecule has 0 saturated heterocycles. The predicted molar refractivity (Wildman–Crippen MR) is 45.6 cm³/mol. The second-order valence-corrected chi connectivity index (χ2v) is 2.60. The maximum absolute atomic E-state index is 12.7. The third-order valence-electron chi connectivity index (χ3n) is 1.63. The van der Waals surface area contributed by atoms with Gasteiger partial charge in [-0.25, -0.2) is 4.39 Å². The van der Waals surface area contributed by atoms with E-state index < -0.39 is 11.7 Å². The van der Waals surface area contributed by atoms with Crippen molar-refractivity contribution in [3.8, 4) is 0 Å². The van der Waals surface area contributed by atoms with Gasteiger partial charge in [0.1, 0.15) is 5.82 Å². The summed E-state index contributed by atoms with van der Waals surface area (Å²) in [5.41, 5.74) is 5.84. The van der Waals surface area contributed by atoms with Crippen molar-refractivity contribution in [3.63, 3.8) is 0 Å². The number of halogens is 1. The van der Waals surface area contributed by atoms with Gasteiger partial charge in [0.05, 0.1) is 6.61 Å². The van der Waals surface area contributed by atoms with Gasteiger partial charge in [-0.2, -0.15) is 0 Å². The summed E-state index contributed by atoms with van der Waals surface area (Å²) < 4.78 is 17.5. The largest absolute Gasteiger partial charge is 0.380 e. The van der Waals surface area contributed by atoms with Gasteiger partial charge in [-0.3, -0.25) is 4.79 Å². The van der Waals surface area contributed by atoms with Crippen LogP contribution in [-0.4, -0.2) is 13.0 Å². The summed E-state index contributed by atoms with van der Waals surface area (Å²) in [5.74, 6) is -0.982. The number of carbonyl (C=O) groups excluding carboxylic acids is 1. The third-order valence-corrected chi connectivity index (χ3v) is 1.63. The van der Waals surface area contributed by atoms with E-state index in [1.165, 1.54) is 25.3 Å². The van der Waals surface area contributed by atoms with Crippen LogP contribution in [0.1, 0.15) is 15.9 Å². The van der Waals surface area contributed by atoms with Gasteiger partial charge in [0.2, 0.25) is 5.91 Å². The highest BCUT2D eigenvalue weighted by molar-refractivity contribution is 5.94. The van der Waals surface area contributed by atoms with Gasteiger partial charge in [-0.1, -0.05) is 0 Å². The van der Waals surface area contributed by atoms with Crippen LogP contribution in [0.15, 0.2) is 18.2 Å². The number of nitrogens with two attached hydrogens (primary N) is 1. The first-order valence-electron chi connectivity index (χ1n) is 3.72. The molecule has 3 nitrogen and oxygen atoms in total. The minimum Gasteiger partial charge on any atom is -0.380 e. The SMILES string of the molecule is COCc1cc(F)ccc1C(N)=O. The van der Waals surface area contributed by atoms with Gasteiger partial charge < -0.3 is 10.5 Å². The number of primary amides is 1. The van der Waals surface area contributed by atoms with Crippen LogP contribution in [0.5, 0.6) is 0 Å². The molecule has 1 aromatic rings. The molecule has 0 spiro atoms. The Morgan fingerprint density at radius 2 is 2.31 bits per heavy atom. The number of methoxy groups -OCH3 is 1. The van der Waals surface area contributed by atoms with Crippen molar-refractivity contribution >= 4 is 5.91 Å². The molecular weight excluding hydrogens is 173 g/mol. The van der Waals surface area contributed by atoms with E-state index in [2.05, 4.69) is 0 Å². The molecule has 0 aliphatic rings. The molecule has 0 unspecified atom stereocenters. The van der Waals surface area contributed by atoms with Crippen LogP contribution in [0.25, 0.3) is 0 Å². The fraction of sp³-hybridized carbons (Fsp3) is 0.222. The normalized spacial score (nSPS) is 10.0. The fourth-order valence-electron chi connectivity index (χ4n) is 1.08. The van der Waals surface area contributed by atoms with E-state index in [1.807, 2.05) is 0 Å². The van der Waals surface area contributed by atoms with Crippen LogP contribution >= 0.6 is 0 Å². The molecule has 0 bridgehead atoms. The molecule has 0 saturated carbocycles. The molecular formula is C9H10FNO2. The van der Waals surface area contributed by atoms with E-state index in [0.29, 0.717) is 11.1 Å². The van der Waals surface area contributed by atoms with Crippen molar-refractivity contribution in [1.29, 1.82) is 0 Å². The average molecular weight is 183 g/mol. The monoisotopic (exact) mass is 183 g/mol. The van der Waals surface area contributed by atoms with Gasteiger partial charge in [0.15, 0.2) is 0 Å². The molecule has 0 aliphatic carbocycles. The van der Waals surface area contributed by atoms with Gasteiger partial charge in [0.25, 0.3) is 0 Å². The number of amides is 1. The van der Waals surface area contributed by atoms with E-state index >= 15 is 0 Å². The predicted octanol–water partition coefficient (Wildman–Crippen LogP) is 1.07. The quantitative estimate of drug-likeness (QED) is 0.762. The van der Waals surface area contributed by atoms with Crippen LogP contribution in [0.4, 0.5) is 4.39 Å². The Morgan fingerprint density at radius 1 is 1.62 bits per heavy atom. The minimum absolute atomic E-state index is 0.177. The van der Waals surface area contributed by atoms with E-state index in [0.717, 1.165) is 0 Å². The highest BCUT2D eigenvalue weighted by Gasteiger charge is 2.08. The number of carbonyl (C=O) groups is 1. The minimum atomic E-state index is -0.577. The molecule has 0 heterocycles. The summed E-state index contributed by atoms with van der Waals surface area (Å²) in [6.07, 6.45) is 0. The standard InChI is InChI=1S/C9H10FNO2/c1-13-5-6-4-7(10)2-3-8(6)9(11)12/h2-4H,5H2,1H3,(H2,11,12). The molecule has 1 rings (SSSR count). The smallest absolute Gasteiger partial charge is 0.249 e. The number of rotatable bonds is 3. The lowest BCUT2D eigenvalue weighted by atomic mass is 10.1. The third kappa shape index (κ3) is 2.26. The zero-order valence-corrected chi connectivity index (χ0v) is 7.21. The summed E-state index contributed by atoms with van der Waals surface area (Å²) in [7, 11) is 1.47. The molecule has 0 atom stereocenters. The first-order chi connectivity index (χ1) is 6.15. The zero-order chi connectivity index (χ0) is 9.84. The van der Waals surface area contributed by atoms with Gasteiger partial charge >= 0.3 is 0 Å². The molecule has 70 valence electrons. The van der Waals surface area contributed by atoms with E-state index in [1.54, 1.807) is 0 Å². The summed E-state index contributed by atoms with van der Waals surface area (Å²) in [6.45, 7) is 0.177. The van der Waals surface area contributed by atoms with Crippen LogP contribution in [0.3, 0.4) is 0 Å². The summed E-state index contributed by atoms with van der Waals surface area (Å²) in [6, 6.07) is 3.79. The number of hydrogen-bond donors (Lipinski definition) is 1. The maximum Gasteiger partial charge on any atom is 0.249 e. The fourth-order valence-corrected chi connectivity index (χ4v) is 1.08.